The monoisotopic (exact) mass is 580 g/mol. The molecule has 0 atom stereocenters. The number of rotatable bonds is 11. The fourth-order valence-electron chi connectivity index (χ4n) is 5.64. The molecule has 0 nitrogen and oxygen atoms in total. The molecule has 0 saturated carbocycles. The van der Waals surface area contributed by atoms with Gasteiger partial charge in [-0.1, -0.05) is 115 Å². The second-order valence-corrected chi connectivity index (χ2v) is 12.0. The van der Waals surface area contributed by atoms with Gasteiger partial charge in [0.1, 0.15) is 0 Å². The van der Waals surface area contributed by atoms with Crippen LogP contribution in [0.1, 0.15) is 100.0 Å². The molecule has 2 heteroatoms. The molecular weight excluding hydrogens is 544 g/mol. The molecule has 1 aliphatic rings. The van der Waals surface area contributed by atoms with E-state index in [1.54, 1.807) is 0 Å². The van der Waals surface area contributed by atoms with Gasteiger partial charge < -0.3 is 0 Å². The van der Waals surface area contributed by atoms with Crippen LogP contribution >= 0.6 is 31.9 Å². The average Bonchev–Trinajstić information content (AvgIpc) is 3.08. The molecule has 0 radical (unpaired) electrons. The topological polar surface area (TPSA) is 0 Å². The van der Waals surface area contributed by atoms with Crippen molar-refractivity contribution >= 4 is 31.9 Å². The van der Waals surface area contributed by atoms with Crippen molar-refractivity contribution in [3.8, 4) is 11.1 Å². The molecule has 34 heavy (non-hydrogen) atoms. The largest absolute Gasteiger partial charge is 0.0654 e. The maximum absolute atomic E-state index is 3.77. The van der Waals surface area contributed by atoms with Crippen LogP contribution in [0.5, 0.6) is 0 Å². The van der Waals surface area contributed by atoms with Crippen molar-refractivity contribution in [1.82, 2.24) is 0 Å². The second kappa shape index (κ2) is 11.6. The Kier molecular flexibility index (Phi) is 8.75. The highest BCUT2D eigenvalue weighted by atomic mass is 79.9. The van der Waals surface area contributed by atoms with Crippen LogP contribution in [0, 0.1) is 0 Å². The first kappa shape index (κ1) is 25.7. The maximum atomic E-state index is 3.77. The standard InChI is InChI=1S/C32H38Br2/c1-4-6-8-10-12-23-18-24(13-11-9-7-5-2)20-25(19-23)32(3)30-21-26(33)14-16-28(30)29-17-15-27(34)22-31(29)32/h14-22H,4-13H2,1-3H3. The summed E-state index contributed by atoms with van der Waals surface area (Å²) in [4.78, 5) is 0. The summed E-state index contributed by atoms with van der Waals surface area (Å²) < 4.78 is 2.31. The molecule has 0 N–H and O–H groups in total. The lowest BCUT2D eigenvalue weighted by molar-refractivity contribution is 0.656. The Labute approximate surface area is 223 Å². The van der Waals surface area contributed by atoms with Crippen LogP contribution in [0.25, 0.3) is 11.1 Å². The van der Waals surface area contributed by atoms with Crippen LogP contribution in [0.4, 0.5) is 0 Å². The van der Waals surface area contributed by atoms with Gasteiger partial charge in [-0.3, -0.25) is 0 Å². The van der Waals surface area contributed by atoms with E-state index in [1.165, 1.54) is 103 Å². The highest BCUT2D eigenvalue weighted by molar-refractivity contribution is 9.10. The Bertz CT molecular complexity index is 1050. The van der Waals surface area contributed by atoms with Crippen LogP contribution in [0.2, 0.25) is 0 Å². The molecule has 0 fully saturated rings. The summed E-state index contributed by atoms with van der Waals surface area (Å²) >= 11 is 7.53. The van der Waals surface area contributed by atoms with Gasteiger partial charge in [0.15, 0.2) is 0 Å². The molecule has 0 amide bonds. The first-order chi connectivity index (χ1) is 16.5. The Morgan fingerprint density at radius 2 is 1.06 bits per heavy atom. The molecule has 0 saturated heterocycles. The number of aryl methyl sites for hydroxylation is 2. The van der Waals surface area contributed by atoms with Gasteiger partial charge in [0.05, 0.1) is 0 Å². The van der Waals surface area contributed by atoms with Crippen LogP contribution in [0.15, 0.2) is 63.5 Å². The summed E-state index contributed by atoms with van der Waals surface area (Å²) in [5.74, 6) is 0. The van der Waals surface area contributed by atoms with E-state index in [9.17, 15) is 0 Å². The second-order valence-electron chi connectivity index (χ2n) is 10.2. The third-order valence-electron chi connectivity index (χ3n) is 7.60. The number of hydrogen-bond acceptors (Lipinski definition) is 0. The van der Waals surface area contributed by atoms with E-state index >= 15 is 0 Å². The molecule has 0 aliphatic heterocycles. The lowest BCUT2D eigenvalue weighted by Gasteiger charge is -2.30. The van der Waals surface area contributed by atoms with Gasteiger partial charge >= 0.3 is 0 Å². The smallest absolute Gasteiger partial charge is 0.0436 e. The molecule has 0 heterocycles. The van der Waals surface area contributed by atoms with Crippen molar-refractivity contribution in [2.45, 2.75) is 90.4 Å². The minimum Gasteiger partial charge on any atom is -0.0654 e. The number of halogens is 2. The normalized spacial score (nSPS) is 13.7. The van der Waals surface area contributed by atoms with E-state index in [1.807, 2.05) is 0 Å². The Morgan fingerprint density at radius 3 is 1.50 bits per heavy atom. The molecule has 3 aromatic carbocycles. The fourth-order valence-corrected chi connectivity index (χ4v) is 6.36. The lowest BCUT2D eigenvalue weighted by Crippen LogP contribution is -2.23. The highest BCUT2D eigenvalue weighted by Crippen LogP contribution is 2.53. The zero-order chi connectivity index (χ0) is 24.1. The number of hydrogen-bond donors (Lipinski definition) is 0. The molecule has 0 unspecified atom stereocenters. The van der Waals surface area contributed by atoms with E-state index in [2.05, 4.69) is 107 Å². The van der Waals surface area contributed by atoms with Gasteiger partial charge in [0.25, 0.3) is 0 Å². The third kappa shape index (κ3) is 5.39. The summed E-state index contributed by atoms with van der Waals surface area (Å²) in [7, 11) is 0. The molecule has 0 aromatic heterocycles. The van der Waals surface area contributed by atoms with E-state index in [4.69, 9.17) is 0 Å². The zero-order valence-electron chi connectivity index (χ0n) is 21.0. The van der Waals surface area contributed by atoms with Gasteiger partial charge in [-0.15, -0.1) is 0 Å². The van der Waals surface area contributed by atoms with Gasteiger partial charge in [0, 0.05) is 14.4 Å². The zero-order valence-corrected chi connectivity index (χ0v) is 24.2. The van der Waals surface area contributed by atoms with Gasteiger partial charge in [-0.25, -0.2) is 0 Å². The fraction of sp³-hybridized carbons (Fsp3) is 0.438. The number of benzene rings is 3. The van der Waals surface area contributed by atoms with Crippen LogP contribution in [0.3, 0.4) is 0 Å². The maximum Gasteiger partial charge on any atom is 0.0436 e. The van der Waals surface area contributed by atoms with Crippen molar-refractivity contribution in [2.24, 2.45) is 0 Å². The Balaban J connectivity index is 1.79. The van der Waals surface area contributed by atoms with E-state index in [0.29, 0.717) is 0 Å². The summed E-state index contributed by atoms with van der Waals surface area (Å²) in [6, 6.07) is 21.2. The minimum absolute atomic E-state index is 0.157. The first-order valence-corrected chi connectivity index (χ1v) is 14.8. The molecule has 4 rings (SSSR count). The molecule has 3 aromatic rings. The molecular formula is C32H38Br2. The van der Waals surface area contributed by atoms with Crippen LogP contribution in [-0.2, 0) is 18.3 Å². The molecule has 180 valence electrons. The average molecular weight is 582 g/mol. The quantitative estimate of drug-likeness (QED) is 0.197. The minimum atomic E-state index is -0.157. The van der Waals surface area contributed by atoms with E-state index in [0.717, 1.165) is 8.95 Å². The van der Waals surface area contributed by atoms with Crippen molar-refractivity contribution in [1.29, 1.82) is 0 Å². The molecule has 1 aliphatic carbocycles. The van der Waals surface area contributed by atoms with Crippen molar-refractivity contribution in [3.63, 3.8) is 0 Å². The van der Waals surface area contributed by atoms with Crippen LogP contribution < -0.4 is 0 Å². The summed E-state index contributed by atoms with van der Waals surface area (Å²) in [5.41, 5.74) is 9.88. The predicted molar refractivity (Wildman–Crippen MR) is 155 cm³/mol. The highest BCUT2D eigenvalue weighted by Gasteiger charge is 2.41. The summed E-state index contributed by atoms with van der Waals surface area (Å²) in [6.45, 7) is 7.02. The number of fused-ring (bicyclic) bond motifs is 3. The molecule has 0 bridgehead atoms. The number of unbranched alkanes of at least 4 members (excludes halogenated alkanes) is 6. The van der Waals surface area contributed by atoms with Gasteiger partial charge in [-0.2, -0.15) is 0 Å². The van der Waals surface area contributed by atoms with Crippen molar-refractivity contribution < 1.29 is 0 Å². The Morgan fingerprint density at radius 1 is 0.588 bits per heavy atom. The van der Waals surface area contributed by atoms with Crippen LogP contribution in [-0.4, -0.2) is 0 Å². The van der Waals surface area contributed by atoms with Crippen molar-refractivity contribution in [2.75, 3.05) is 0 Å². The SMILES string of the molecule is CCCCCCc1cc(CCCCCC)cc(C2(C)c3cc(Br)ccc3-c3ccc(Br)cc32)c1. The Hall–Kier alpha value is -1.38. The van der Waals surface area contributed by atoms with Gasteiger partial charge in [0.2, 0.25) is 0 Å². The van der Waals surface area contributed by atoms with E-state index < -0.39 is 0 Å². The van der Waals surface area contributed by atoms with E-state index in [-0.39, 0.29) is 5.41 Å². The predicted octanol–water partition coefficient (Wildman–Crippen LogP) is 10.8. The lowest BCUT2D eigenvalue weighted by atomic mass is 9.73. The molecule has 0 spiro atoms. The first-order valence-electron chi connectivity index (χ1n) is 13.2. The summed E-state index contributed by atoms with van der Waals surface area (Å²) in [6.07, 6.45) is 12.8. The third-order valence-corrected chi connectivity index (χ3v) is 8.59. The summed E-state index contributed by atoms with van der Waals surface area (Å²) in [5, 5.41) is 0. The van der Waals surface area contributed by atoms with Gasteiger partial charge in [-0.05, 0) is 95.8 Å². The van der Waals surface area contributed by atoms with Crippen molar-refractivity contribution in [3.05, 3.63) is 91.4 Å².